The highest BCUT2D eigenvalue weighted by Gasteiger charge is 2.14. The number of hydrogen-bond donors (Lipinski definition) is 1. The van der Waals surface area contributed by atoms with Gasteiger partial charge < -0.3 is 14.3 Å². The van der Waals surface area contributed by atoms with Crippen LogP contribution in [0.25, 0.3) is 22.9 Å². The van der Waals surface area contributed by atoms with Gasteiger partial charge >= 0.3 is 0 Å². The van der Waals surface area contributed by atoms with Crippen LogP contribution in [0.1, 0.15) is 42.0 Å². The Morgan fingerprint density at radius 1 is 1.03 bits per heavy atom. The Bertz CT molecular complexity index is 1280. The standard InChI is InChI=1S/C26H30N6O2S/c1-17(2)16-32-22(28-31-26(32)35-4)10-7-15-27-23(33)19-11-13-20(14-12-19)24-29-30-25(34-24)21-9-6-5-8-18(21)3/h5-6,8-9,11-14,17H,7,10,15-16H2,1-4H3,(H,27,33). The monoisotopic (exact) mass is 490 g/mol. The van der Waals surface area contributed by atoms with Crippen molar-refractivity contribution in [3.8, 4) is 22.9 Å². The molecule has 0 radical (unpaired) electrons. The van der Waals surface area contributed by atoms with E-state index in [9.17, 15) is 4.79 Å². The second-order valence-electron chi connectivity index (χ2n) is 8.77. The molecule has 4 aromatic rings. The highest BCUT2D eigenvalue weighted by atomic mass is 32.2. The van der Waals surface area contributed by atoms with Gasteiger partial charge in [-0.05, 0) is 61.4 Å². The van der Waals surface area contributed by atoms with Crippen molar-refractivity contribution in [2.24, 2.45) is 5.92 Å². The molecule has 0 spiro atoms. The molecule has 182 valence electrons. The Labute approximate surface area is 209 Å². The van der Waals surface area contributed by atoms with Crippen molar-refractivity contribution in [2.75, 3.05) is 12.8 Å². The smallest absolute Gasteiger partial charge is 0.251 e. The van der Waals surface area contributed by atoms with E-state index in [4.69, 9.17) is 4.42 Å². The van der Waals surface area contributed by atoms with Crippen molar-refractivity contribution in [3.05, 3.63) is 65.5 Å². The molecular weight excluding hydrogens is 460 g/mol. The van der Waals surface area contributed by atoms with E-state index in [2.05, 4.69) is 44.1 Å². The molecule has 9 heteroatoms. The van der Waals surface area contributed by atoms with Crippen molar-refractivity contribution in [1.29, 1.82) is 0 Å². The van der Waals surface area contributed by atoms with Crippen LogP contribution in [0.3, 0.4) is 0 Å². The SMILES string of the molecule is CSc1nnc(CCCNC(=O)c2ccc(-c3nnc(-c4ccccc4C)o3)cc2)n1CC(C)C. The molecule has 4 rings (SSSR count). The Balaban J connectivity index is 1.32. The molecule has 0 atom stereocenters. The third-order valence-corrected chi connectivity index (χ3v) is 6.25. The first-order valence-electron chi connectivity index (χ1n) is 11.7. The molecule has 0 saturated carbocycles. The van der Waals surface area contributed by atoms with Gasteiger partial charge in [0.2, 0.25) is 11.8 Å². The molecule has 0 aliphatic carbocycles. The number of amides is 1. The zero-order chi connectivity index (χ0) is 24.8. The fraction of sp³-hybridized carbons (Fsp3) is 0.346. The average Bonchev–Trinajstić information content (AvgIpc) is 3.49. The Hall–Kier alpha value is -3.46. The lowest BCUT2D eigenvalue weighted by Crippen LogP contribution is -2.25. The number of nitrogens with zero attached hydrogens (tertiary/aromatic N) is 5. The van der Waals surface area contributed by atoms with Gasteiger partial charge in [-0.3, -0.25) is 4.79 Å². The molecule has 0 fully saturated rings. The molecule has 2 aromatic heterocycles. The van der Waals surface area contributed by atoms with E-state index >= 15 is 0 Å². The molecular formula is C26H30N6O2S. The maximum absolute atomic E-state index is 12.6. The molecule has 0 aliphatic rings. The van der Waals surface area contributed by atoms with Crippen molar-refractivity contribution < 1.29 is 9.21 Å². The zero-order valence-corrected chi connectivity index (χ0v) is 21.3. The van der Waals surface area contributed by atoms with E-state index in [1.54, 1.807) is 23.9 Å². The minimum absolute atomic E-state index is 0.115. The summed E-state index contributed by atoms with van der Waals surface area (Å²) in [5, 5.41) is 20.9. The number of aromatic nitrogens is 5. The van der Waals surface area contributed by atoms with Gasteiger partial charge in [0.25, 0.3) is 5.91 Å². The number of rotatable bonds is 10. The molecule has 35 heavy (non-hydrogen) atoms. The Morgan fingerprint density at radius 2 is 1.77 bits per heavy atom. The predicted molar refractivity (Wildman–Crippen MR) is 137 cm³/mol. The van der Waals surface area contributed by atoms with E-state index in [1.807, 2.05) is 49.6 Å². The number of thioether (sulfide) groups is 1. The van der Waals surface area contributed by atoms with Crippen LogP contribution in [0.4, 0.5) is 0 Å². The highest BCUT2D eigenvalue weighted by Crippen LogP contribution is 2.26. The van der Waals surface area contributed by atoms with E-state index < -0.39 is 0 Å². The number of hydrogen-bond acceptors (Lipinski definition) is 7. The first-order valence-corrected chi connectivity index (χ1v) is 12.9. The molecule has 2 heterocycles. The van der Waals surface area contributed by atoms with Gasteiger partial charge in [0.1, 0.15) is 5.82 Å². The van der Waals surface area contributed by atoms with Crippen molar-refractivity contribution in [1.82, 2.24) is 30.3 Å². The lowest BCUT2D eigenvalue weighted by atomic mass is 10.1. The summed E-state index contributed by atoms with van der Waals surface area (Å²) in [7, 11) is 0. The van der Waals surface area contributed by atoms with Crippen molar-refractivity contribution in [3.63, 3.8) is 0 Å². The summed E-state index contributed by atoms with van der Waals surface area (Å²) < 4.78 is 8.04. The van der Waals surface area contributed by atoms with E-state index in [0.29, 0.717) is 29.8 Å². The molecule has 8 nitrogen and oxygen atoms in total. The van der Waals surface area contributed by atoms with Crippen LogP contribution in [0, 0.1) is 12.8 Å². The third kappa shape index (κ3) is 5.97. The number of nitrogens with one attached hydrogen (secondary N) is 1. The summed E-state index contributed by atoms with van der Waals surface area (Å²) in [6.45, 7) is 7.82. The van der Waals surface area contributed by atoms with Crippen LogP contribution >= 0.6 is 11.8 Å². The maximum atomic E-state index is 12.6. The van der Waals surface area contributed by atoms with Gasteiger partial charge in [-0.2, -0.15) is 0 Å². The molecule has 0 unspecified atom stereocenters. The second kappa shape index (κ2) is 11.3. The van der Waals surface area contributed by atoms with Crippen molar-refractivity contribution in [2.45, 2.75) is 45.3 Å². The summed E-state index contributed by atoms with van der Waals surface area (Å²) in [5.41, 5.74) is 3.33. The quantitative estimate of drug-likeness (QED) is 0.245. The molecule has 0 aliphatic heterocycles. The minimum atomic E-state index is -0.115. The first kappa shape index (κ1) is 24.7. The Kier molecular flexibility index (Phi) is 7.97. The van der Waals surface area contributed by atoms with Crippen LogP contribution in [0.5, 0.6) is 0 Å². The second-order valence-corrected chi connectivity index (χ2v) is 9.54. The van der Waals surface area contributed by atoms with E-state index in [0.717, 1.165) is 47.1 Å². The summed E-state index contributed by atoms with van der Waals surface area (Å²) in [6, 6.07) is 15.1. The van der Waals surface area contributed by atoms with E-state index in [-0.39, 0.29) is 5.91 Å². The van der Waals surface area contributed by atoms with Gasteiger partial charge in [0.15, 0.2) is 5.16 Å². The average molecular weight is 491 g/mol. The largest absolute Gasteiger partial charge is 0.416 e. The summed E-state index contributed by atoms with van der Waals surface area (Å²) in [5.74, 6) is 2.26. The number of carbonyl (C=O) groups is 1. The normalized spacial score (nSPS) is 11.2. The number of aryl methyl sites for hydroxylation is 2. The van der Waals surface area contributed by atoms with Gasteiger partial charge in [-0.25, -0.2) is 0 Å². The van der Waals surface area contributed by atoms with Crippen LogP contribution in [0.15, 0.2) is 58.1 Å². The predicted octanol–water partition coefficient (Wildman–Crippen LogP) is 5.04. The molecule has 1 amide bonds. The number of benzene rings is 2. The fourth-order valence-corrected chi connectivity index (χ4v) is 4.30. The zero-order valence-electron chi connectivity index (χ0n) is 20.5. The van der Waals surface area contributed by atoms with Crippen molar-refractivity contribution >= 4 is 17.7 Å². The van der Waals surface area contributed by atoms with Gasteiger partial charge in [-0.1, -0.05) is 43.8 Å². The van der Waals surface area contributed by atoms with Crippen LogP contribution in [-0.2, 0) is 13.0 Å². The van der Waals surface area contributed by atoms with Gasteiger partial charge in [0, 0.05) is 36.2 Å². The van der Waals surface area contributed by atoms with Crippen LogP contribution in [-0.4, -0.2) is 43.7 Å². The third-order valence-electron chi connectivity index (χ3n) is 5.58. The van der Waals surface area contributed by atoms with E-state index in [1.165, 1.54) is 0 Å². The minimum Gasteiger partial charge on any atom is -0.416 e. The molecule has 2 aromatic carbocycles. The first-order chi connectivity index (χ1) is 17.0. The lowest BCUT2D eigenvalue weighted by Gasteiger charge is -2.11. The summed E-state index contributed by atoms with van der Waals surface area (Å²) in [4.78, 5) is 12.6. The molecule has 0 saturated heterocycles. The lowest BCUT2D eigenvalue weighted by molar-refractivity contribution is 0.0953. The summed E-state index contributed by atoms with van der Waals surface area (Å²) in [6.07, 6.45) is 3.57. The fourth-order valence-electron chi connectivity index (χ4n) is 3.78. The topological polar surface area (TPSA) is 98.7 Å². The van der Waals surface area contributed by atoms with Gasteiger partial charge in [-0.15, -0.1) is 20.4 Å². The van der Waals surface area contributed by atoms with Crippen LogP contribution in [0.2, 0.25) is 0 Å². The van der Waals surface area contributed by atoms with Crippen LogP contribution < -0.4 is 5.32 Å². The highest BCUT2D eigenvalue weighted by molar-refractivity contribution is 7.98. The van der Waals surface area contributed by atoms with Gasteiger partial charge in [0.05, 0.1) is 0 Å². The Morgan fingerprint density at radius 3 is 2.49 bits per heavy atom. The molecule has 1 N–H and O–H groups in total. The summed E-state index contributed by atoms with van der Waals surface area (Å²) >= 11 is 1.60. The molecule has 0 bridgehead atoms. The maximum Gasteiger partial charge on any atom is 0.251 e. The number of carbonyl (C=O) groups excluding carboxylic acids is 1.